The highest BCUT2D eigenvalue weighted by molar-refractivity contribution is 5.94. The molecule has 2 heterocycles. The van der Waals surface area contributed by atoms with Gasteiger partial charge in [0.2, 0.25) is 5.91 Å². The van der Waals surface area contributed by atoms with Crippen molar-refractivity contribution in [2.45, 2.75) is 19.3 Å². The first-order valence-corrected chi connectivity index (χ1v) is 11.3. The molecule has 4 rings (SSSR count). The lowest BCUT2D eigenvalue weighted by molar-refractivity contribution is -0.132. The van der Waals surface area contributed by atoms with E-state index in [1.165, 1.54) is 5.56 Å². The number of rotatable bonds is 8. The zero-order valence-electron chi connectivity index (χ0n) is 18.6. The second-order valence-electron chi connectivity index (χ2n) is 8.01. The van der Waals surface area contributed by atoms with Crippen molar-refractivity contribution in [1.82, 2.24) is 19.8 Å². The van der Waals surface area contributed by atoms with Crippen molar-refractivity contribution in [3.63, 3.8) is 0 Å². The molecule has 0 unspecified atom stereocenters. The fraction of sp³-hybridized carbons (Fsp3) is 0.308. The van der Waals surface area contributed by atoms with Crippen LogP contribution in [0.25, 0.3) is 0 Å². The van der Waals surface area contributed by atoms with Crippen molar-refractivity contribution < 1.29 is 14.3 Å². The zero-order valence-corrected chi connectivity index (χ0v) is 18.6. The summed E-state index contributed by atoms with van der Waals surface area (Å²) in [6, 6.07) is 17.7. The van der Waals surface area contributed by atoms with Gasteiger partial charge in [0.25, 0.3) is 5.91 Å². The van der Waals surface area contributed by atoms with Gasteiger partial charge in [0, 0.05) is 50.3 Å². The molecule has 0 radical (unpaired) electrons. The van der Waals surface area contributed by atoms with E-state index < -0.39 is 0 Å². The zero-order chi connectivity index (χ0) is 22.9. The first-order valence-electron chi connectivity index (χ1n) is 11.3. The Morgan fingerprint density at radius 3 is 2.45 bits per heavy atom. The average molecular weight is 445 g/mol. The molecular weight excluding hydrogens is 416 g/mol. The Hall–Kier alpha value is -3.74. The molecule has 2 amide bonds. The summed E-state index contributed by atoms with van der Waals surface area (Å²) in [5, 5.41) is 0. The Morgan fingerprint density at radius 1 is 0.909 bits per heavy atom. The van der Waals surface area contributed by atoms with Crippen LogP contribution >= 0.6 is 0 Å². The largest absolute Gasteiger partial charge is 0.494 e. The molecule has 0 atom stereocenters. The van der Waals surface area contributed by atoms with E-state index in [2.05, 4.69) is 22.1 Å². The maximum atomic E-state index is 13.0. The molecule has 170 valence electrons. The van der Waals surface area contributed by atoms with Crippen molar-refractivity contribution in [2.75, 3.05) is 32.8 Å². The Bertz CT molecular complexity index is 1050. The summed E-state index contributed by atoms with van der Waals surface area (Å²) in [7, 11) is 0. The minimum Gasteiger partial charge on any atom is -0.494 e. The number of hydrogen-bond acceptors (Lipinski definition) is 5. The molecule has 7 nitrogen and oxygen atoms in total. The van der Waals surface area contributed by atoms with E-state index in [1.54, 1.807) is 34.5 Å². The van der Waals surface area contributed by atoms with E-state index in [0.29, 0.717) is 49.8 Å². The Morgan fingerprint density at radius 2 is 1.70 bits per heavy atom. The predicted octanol–water partition coefficient (Wildman–Crippen LogP) is 3.02. The van der Waals surface area contributed by atoms with Gasteiger partial charge in [-0.25, -0.2) is 0 Å². The molecule has 0 saturated carbocycles. The number of carbonyl (C=O) groups is 2. The van der Waals surface area contributed by atoms with E-state index in [1.807, 2.05) is 36.4 Å². The first kappa shape index (κ1) is 22.5. The Labute approximate surface area is 194 Å². The molecule has 0 bridgehead atoms. The van der Waals surface area contributed by atoms with Crippen LogP contribution in [0.15, 0.2) is 73.2 Å². The van der Waals surface area contributed by atoms with Gasteiger partial charge in [0.05, 0.1) is 18.7 Å². The van der Waals surface area contributed by atoms with Crippen LogP contribution in [0.5, 0.6) is 5.75 Å². The van der Waals surface area contributed by atoms with Gasteiger partial charge >= 0.3 is 0 Å². The molecule has 0 spiro atoms. The molecule has 1 aliphatic heterocycles. The van der Waals surface area contributed by atoms with Crippen LogP contribution in [0.4, 0.5) is 0 Å². The third-order valence-corrected chi connectivity index (χ3v) is 5.67. The molecule has 1 aliphatic rings. The molecule has 3 aromatic rings. The van der Waals surface area contributed by atoms with Gasteiger partial charge in [-0.05, 0) is 36.6 Å². The molecule has 7 heteroatoms. The smallest absolute Gasteiger partial charge is 0.254 e. The molecule has 1 saturated heterocycles. The van der Waals surface area contributed by atoms with Crippen molar-refractivity contribution >= 4 is 11.8 Å². The number of aryl methyl sites for hydroxylation is 1. The SMILES string of the molecule is O=C(Cc1cnccn1)N1CCN(C(=O)c2cccc(OCCCc3ccccc3)c2)CC1. The minimum atomic E-state index is -0.0363. The highest BCUT2D eigenvalue weighted by atomic mass is 16.5. The van der Waals surface area contributed by atoms with Crippen molar-refractivity contribution in [1.29, 1.82) is 0 Å². The molecule has 0 aliphatic carbocycles. The number of amides is 2. The number of hydrogen-bond donors (Lipinski definition) is 0. The summed E-state index contributed by atoms with van der Waals surface area (Å²) in [6.45, 7) is 2.64. The van der Waals surface area contributed by atoms with Crippen molar-refractivity contribution in [3.05, 3.63) is 90.0 Å². The third kappa shape index (κ3) is 6.38. The third-order valence-electron chi connectivity index (χ3n) is 5.67. The monoisotopic (exact) mass is 444 g/mol. The molecule has 2 aromatic carbocycles. The minimum absolute atomic E-state index is 0.00787. The fourth-order valence-electron chi connectivity index (χ4n) is 3.86. The van der Waals surface area contributed by atoms with E-state index in [9.17, 15) is 9.59 Å². The van der Waals surface area contributed by atoms with E-state index in [4.69, 9.17) is 4.74 Å². The van der Waals surface area contributed by atoms with Gasteiger partial charge in [-0.1, -0.05) is 36.4 Å². The van der Waals surface area contributed by atoms with E-state index >= 15 is 0 Å². The quantitative estimate of drug-likeness (QED) is 0.499. The first-order chi connectivity index (χ1) is 16.2. The highest BCUT2D eigenvalue weighted by Gasteiger charge is 2.25. The summed E-state index contributed by atoms with van der Waals surface area (Å²) >= 11 is 0. The van der Waals surface area contributed by atoms with Gasteiger partial charge in [0.1, 0.15) is 5.75 Å². The normalized spacial score (nSPS) is 13.6. The lowest BCUT2D eigenvalue weighted by atomic mass is 10.1. The van der Waals surface area contributed by atoms with Gasteiger partial charge in [-0.3, -0.25) is 19.6 Å². The lowest BCUT2D eigenvalue weighted by Gasteiger charge is -2.34. The Balaban J connectivity index is 1.24. The van der Waals surface area contributed by atoms with Crippen LogP contribution in [-0.2, 0) is 17.6 Å². The summed E-state index contributed by atoms with van der Waals surface area (Å²) in [6.07, 6.45) is 6.87. The molecule has 1 fully saturated rings. The molecule has 1 aromatic heterocycles. The number of ether oxygens (including phenoxy) is 1. The second kappa shape index (κ2) is 11.2. The second-order valence-corrected chi connectivity index (χ2v) is 8.01. The number of nitrogens with zero attached hydrogens (tertiary/aromatic N) is 4. The fourth-order valence-corrected chi connectivity index (χ4v) is 3.86. The number of aromatic nitrogens is 2. The van der Waals surface area contributed by atoms with Crippen LogP contribution in [0.3, 0.4) is 0 Å². The van der Waals surface area contributed by atoms with E-state index in [0.717, 1.165) is 12.8 Å². The average Bonchev–Trinajstić information content (AvgIpc) is 2.88. The van der Waals surface area contributed by atoms with Crippen molar-refractivity contribution in [3.8, 4) is 5.75 Å². The predicted molar refractivity (Wildman–Crippen MR) is 125 cm³/mol. The summed E-state index contributed by atoms with van der Waals surface area (Å²) in [5.41, 5.74) is 2.55. The van der Waals surface area contributed by atoms with E-state index in [-0.39, 0.29) is 18.2 Å². The Kier molecular flexibility index (Phi) is 7.64. The number of piperazine rings is 1. The maximum Gasteiger partial charge on any atom is 0.254 e. The molecular formula is C26H28N4O3. The highest BCUT2D eigenvalue weighted by Crippen LogP contribution is 2.17. The standard InChI is InChI=1S/C26H28N4O3/c31-25(19-23-20-27-11-12-28-23)29-13-15-30(16-14-29)26(32)22-9-4-10-24(18-22)33-17-5-8-21-6-2-1-3-7-21/h1-4,6-7,9-12,18,20H,5,8,13-17,19H2. The molecule has 0 N–H and O–H groups in total. The van der Waals surface area contributed by atoms with Gasteiger partial charge in [-0.15, -0.1) is 0 Å². The van der Waals surface area contributed by atoms with Crippen LogP contribution in [0.2, 0.25) is 0 Å². The number of benzene rings is 2. The maximum absolute atomic E-state index is 13.0. The van der Waals surface area contributed by atoms with Crippen LogP contribution in [-0.4, -0.2) is 64.4 Å². The summed E-state index contributed by atoms with van der Waals surface area (Å²) < 4.78 is 5.88. The summed E-state index contributed by atoms with van der Waals surface area (Å²) in [5.74, 6) is 0.672. The lowest BCUT2D eigenvalue weighted by Crippen LogP contribution is -2.51. The summed E-state index contributed by atoms with van der Waals surface area (Å²) in [4.78, 5) is 37.2. The topological polar surface area (TPSA) is 75.6 Å². The van der Waals surface area contributed by atoms with Gasteiger partial charge in [-0.2, -0.15) is 0 Å². The number of carbonyl (C=O) groups excluding carboxylic acids is 2. The van der Waals surface area contributed by atoms with Crippen molar-refractivity contribution in [2.24, 2.45) is 0 Å². The molecule has 33 heavy (non-hydrogen) atoms. The van der Waals surface area contributed by atoms with Gasteiger partial charge < -0.3 is 14.5 Å². The van der Waals surface area contributed by atoms with Crippen LogP contribution < -0.4 is 4.74 Å². The van der Waals surface area contributed by atoms with Crippen LogP contribution in [0.1, 0.15) is 28.0 Å². The van der Waals surface area contributed by atoms with Gasteiger partial charge in [0.15, 0.2) is 0 Å². The van der Waals surface area contributed by atoms with Crippen LogP contribution in [0, 0.1) is 0 Å².